The third kappa shape index (κ3) is 5.45. The first-order valence-electron chi connectivity index (χ1n) is 9.20. The number of aryl methyl sites for hydroxylation is 2. The highest BCUT2D eigenvalue weighted by Gasteiger charge is 2.11. The molecule has 0 atom stereocenters. The van der Waals surface area contributed by atoms with E-state index < -0.39 is 0 Å². The van der Waals surface area contributed by atoms with E-state index in [-0.39, 0.29) is 5.70 Å². The summed E-state index contributed by atoms with van der Waals surface area (Å²) in [6, 6.07) is 18.2. The molecule has 0 amide bonds. The largest absolute Gasteiger partial charge is 0.457 e. The summed E-state index contributed by atoms with van der Waals surface area (Å²) in [5.41, 5.74) is 5.06. The average Bonchev–Trinajstić information content (AvgIpc) is 2.74. The minimum absolute atomic E-state index is 0.0378. The molecule has 0 N–H and O–H groups in total. The fourth-order valence-corrected chi connectivity index (χ4v) is 2.71. The maximum absolute atomic E-state index is 9.26. The van der Waals surface area contributed by atoms with Crippen molar-refractivity contribution in [3.8, 4) is 6.07 Å². The van der Waals surface area contributed by atoms with Crippen molar-refractivity contribution in [2.75, 3.05) is 0 Å². The molecule has 1 heterocycles. The first-order chi connectivity index (χ1) is 14.1. The van der Waals surface area contributed by atoms with Crippen LogP contribution in [0.15, 0.2) is 95.6 Å². The van der Waals surface area contributed by atoms with Gasteiger partial charge in [0.2, 0.25) is 0 Å². The zero-order chi connectivity index (χ0) is 20.6. The quantitative estimate of drug-likeness (QED) is 0.450. The van der Waals surface area contributed by atoms with Crippen molar-refractivity contribution in [1.82, 2.24) is 0 Å². The van der Waals surface area contributed by atoms with Crippen molar-refractivity contribution in [1.29, 1.82) is 5.26 Å². The molecule has 2 aromatic rings. The van der Waals surface area contributed by atoms with Gasteiger partial charge in [0.05, 0.1) is 12.6 Å². The lowest BCUT2D eigenvalue weighted by Crippen LogP contribution is -1.98. The van der Waals surface area contributed by atoms with Crippen LogP contribution in [-0.4, -0.2) is 0 Å². The monoisotopic (exact) mass is 376 g/mol. The van der Waals surface area contributed by atoms with Gasteiger partial charge in [0.25, 0.3) is 5.70 Å². The Balaban J connectivity index is 1.89. The van der Waals surface area contributed by atoms with Crippen molar-refractivity contribution in [3.05, 3.63) is 129 Å². The highest BCUT2D eigenvalue weighted by molar-refractivity contribution is 5.59. The van der Waals surface area contributed by atoms with Crippen LogP contribution >= 0.6 is 0 Å². The molecule has 0 bridgehead atoms. The maximum Gasteiger partial charge on any atom is 0.269 e. The number of nitrogens with zero attached hydrogens (tertiary/aromatic N) is 2. The third-order valence-corrected chi connectivity index (χ3v) is 4.36. The van der Waals surface area contributed by atoms with Gasteiger partial charge in [0.15, 0.2) is 0 Å². The Morgan fingerprint density at radius 2 is 1.28 bits per heavy atom. The molecule has 0 radical (unpaired) electrons. The van der Waals surface area contributed by atoms with Gasteiger partial charge < -0.3 is 4.74 Å². The number of ether oxygens (including phenoxy) is 1. The number of allylic oxidation sites excluding steroid dienone is 6. The molecular formula is C26H20N2O. The van der Waals surface area contributed by atoms with E-state index in [2.05, 4.69) is 4.85 Å². The molecule has 0 fully saturated rings. The Hall–Kier alpha value is -4.08. The van der Waals surface area contributed by atoms with Crippen LogP contribution in [0.25, 0.3) is 17.0 Å². The molecule has 0 spiro atoms. The highest BCUT2D eigenvalue weighted by Crippen LogP contribution is 2.25. The summed E-state index contributed by atoms with van der Waals surface area (Å²) in [4.78, 5) is 3.33. The number of rotatable bonds is 4. The second-order valence-corrected chi connectivity index (χ2v) is 6.71. The minimum atomic E-state index is 0.0378. The summed E-state index contributed by atoms with van der Waals surface area (Å²) in [7, 11) is 0. The fraction of sp³-hybridized carbons (Fsp3) is 0.0769. The molecule has 29 heavy (non-hydrogen) atoms. The number of hydrogen-bond donors (Lipinski definition) is 0. The predicted octanol–water partition coefficient (Wildman–Crippen LogP) is 6.53. The van der Waals surface area contributed by atoms with Crippen LogP contribution in [0.2, 0.25) is 0 Å². The zero-order valence-electron chi connectivity index (χ0n) is 16.4. The first-order valence-corrected chi connectivity index (χ1v) is 9.20. The van der Waals surface area contributed by atoms with Gasteiger partial charge in [-0.3, -0.25) is 0 Å². The van der Waals surface area contributed by atoms with Crippen LogP contribution in [0.1, 0.15) is 22.3 Å². The Kier molecular flexibility index (Phi) is 6.25. The molecule has 0 saturated heterocycles. The van der Waals surface area contributed by atoms with E-state index >= 15 is 0 Å². The van der Waals surface area contributed by atoms with Gasteiger partial charge in [0, 0.05) is 0 Å². The second-order valence-electron chi connectivity index (χ2n) is 6.71. The molecule has 1 aliphatic heterocycles. The van der Waals surface area contributed by atoms with E-state index in [1.165, 1.54) is 11.1 Å². The molecule has 0 aromatic heterocycles. The average molecular weight is 376 g/mol. The fourth-order valence-electron chi connectivity index (χ4n) is 2.71. The molecule has 0 saturated carbocycles. The maximum atomic E-state index is 9.26. The lowest BCUT2D eigenvalue weighted by Gasteiger charge is -2.14. The van der Waals surface area contributed by atoms with Crippen molar-refractivity contribution >= 4 is 12.2 Å². The van der Waals surface area contributed by atoms with Crippen molar-refractivity contribution in [3.63, 3.8) is 0 Å². The van der Waals surface area contributed by atoms with E-state index in [0.29, 0.717) is 17.1 Å². The van der Waals surface area contributed by atoms with Crippen LogP contribution in [0, 0.1) is 31.8 Å². The molecule has 3 rings (SSSR count). The summed E-state index contributed by atoms with van der Waals surface area (Å²) in [6.07, 6.45) is 11.0. The lowest BCUT2D eigenvalue weighted by molar-refractivity contribution is 0.332. The second kappa shape index (κ2) is 9.22. The number of nitriles is 1. The molecule has 1 aliphatic rings. The Morgan fingerprint density at radius 3 is 1.66 bits per heavy atom. The Labute approximate surface area is 171 Å². The van der Waals surface area contributed by atoms with Crippen molar-refractivity contribution < 1.29 is 4.74 Å². The summed E-state index contributed by atoms with van der Waals surface area (Å²) >= 11 is 0. The minimum Gasteiger partial charge on any atom is -0.457 e. The SMILES string of the molecule is [C-]#[N+]C(C#N)=C1C=C(/C=C/c2ccc(C)cc2)OC(/C=C/c2ccc(C)cc2)=C1. The van der Waals surface area contributed by atoms with E-state index in [4.69, 9.17) is 11.3 Å². The molecule has 140 valence electrons. The van der Waals surface area contributed by atoms with Crippen molar-refractivity contribution in [2.45, 2.75) is 13.8 Å². The van der Waals surface area contributed by atoms with Gasteiger partial charge in [-0.05, 0) is 54.9 Å². The van der Waals surface area contributed by atoms with Crippen LogP contribution < -0.4 is 0 Å². The first kappa shape index (κ1) is 19.7. The topological polar surface area (TPSA) is 37.4 Å². The van der Waals surface area contributed by atoms with Crippen LogP contribution in [0.4, 0.5) is 0 Å². The van der Waals surface area contributed by atoms with E-state index in [9.17, 15) is 5.26 Å². The van der Waals surface area contributed by atoms with Gasteiger partial charge in [-0.25, -0.2) is 10.1 Å². The molecule has 0 aliphatic carbocycles. The smallest absolute Gasteiger partial charge is 0.269 e. The Bertz CT molecular complexity index is 1040. The van der Waals surface area contributed by atoms with Gasteiger partial charge in [-0.2, -0.15) is 0 Å². The van der Waals surface area contributed by atoms with Gasteiger partial charge in [0.1, 0.15) is 11.5 Å². The molecule has 0 unspecified atom stereocenters. The zero-order valence-corrected chi connectivity index (χ0v) is 16.4. The van der Waals surface area contributed by atoms with E-state index in [0.717, 1.165) is 11.1 Å². The predicted molar refractivity (Wildman–Crippen MR) is 117 cm³/mol. The summed E-state index contributed by atoms with van der Waals surface area (Å²) in [6.45, 7) is 11.3. The lowest BCUT2D eigenvalue weighted by atomic mass is 10.1. The van der Waals surface area contributed by atoms with Gasteiger partial charge in [-0.15, -0.1) is 0 Å². The third-order valence-electron chi connectivity index (χ3n) is 4.36. The standard InChI is InChI=1S/C26H20N2O/c1-19-4-8-21(9-5-19)12-14-24-16-23(26(18-27)28-3)17-25(29-24)15-13-22-10-6-20(2)7-11-22/h4-17H,1-2H3/b14-12+,15-13+. The van der Waals surface area contributed by atoms with E-state index in [1.54, 1.807) is 12.2 Å². The van der Waals surface area contributed by atoms with Crippen LogP contribution in [-0.2, 0) is 4.74 Å². The van der Waals surface area contributed by atoms with Gasteiger partial charge in [-0.1, -0.05) is 71.8 Å². The summed E-state index contributed by atoms with van der Waals surface area (Å²) in [5, 5.41) is 9.26. The molecular weight excluding hydrogens is 356 g/mol. The highest BCUT2D eigenvalue weighted by atomic mass is 16.5. The Morgan fingerprint density at radius 1 is 0.828 bits per heavy atom. The van der Waals surface area contributed by atoms with E-state index in [1.807, 2.05) is 92.8 Å². The summed E-state index contributed by atoms with van der Waals surface area (Å²) < 4.78 is 5.95. The molecule has 2 aromatic carbocycles. The van der Waals surface area contributed by atoms with Gasteiger partial charge >= 0.3 is 0 Å². The van der Waals surface area contributed by atoms with Crippen LogP contribution in [0.3, 0.4) is 0 Å². The molecule has 3 nitrogen and oxygen atoms in total. The summed E-state index contributed by atoms with van der Waals surface area (Å²) in [5.74, 6) is 1.14. The van der Waals surface area contributed by atoms with Crippen molar-refractivity contribution in [2.24, 2.45) is 0 Å². The molecule has 3 heteroatoms. The normalized spacial score (nSPS) is 13.4. The number of hydrogen-bond acceptors (Lipinski definition) is 2. The van der Waals surface area contributed by atoms with Crippen LogP contribution in [0.5, 0.6) is 0 Å². The number of benzene rings is 2.